The number of Topliss-reactive ketones (excluding diaryl/α,β-unsaturated/α-hetero) is 1. The highest BCUT2D eigenvalue weighted by molar-refractivity contribution is 5.96. The van der Waals surface area contributed by atoms with Crippen molar-refractivity contribution in [2.45, 2.75) is 13.3 Å². The van der Waals surface area contributed by atoms with E-state index in [1.54, 1.807) is 0 Å². The molecular formula is C9H6F4O2. The number of ketones is 1. The molecule has 1 N–H and O–H groups in total. The molecule has 0 heterocycles. The SMILES string of the molecule is CCC(=O)c1c(F)c(F)c(O)c(F)c1F. The molecule has 1 aromatic rings. The van der Waals surface area contributed by atoms with Crippen LogP contribution in [0.4, 0.5) is 17.6 Å². The standard InChI is InChI=1S/C9H6F4O2/c1-2-3(14)4-5(10)7(12)9(15)8(13)6(4)11/h15H,2H2,1H3. The smallest absolute Gasteiger partial charge is 0.204 e. The first-order chi connectivity index (χ1) is 6.91. The number of benzene rings is 1. The highest BCUT2D eigenvalue weighted by Gasteiger charge is 2.28. The van der Waals surface area contributed by atoms with E-state index in [0.29, 0.717) is 0 Å². The molecule has 0 aliphatic rings. The number of aromatic hydroxyl groups is 1. The zero-order valence-corrected chi connectivity index (χ0v) is 7.57. The molecule has 0 amide bonds. The quantitative estimate of drug-likeness (QED) is 0.474. The molecule has 0 unspecified atom stereocenters. The summed E-state index contributed by atoms with van der Waals surface area (Å²) in [5.41, 5.74) is -1.30. The summed E-state index contributed by atoms with van der Waals surface area (Å²) in [5, 5.41) is 8.61. The van der Waals surface area contributed by atoms with Gasteiger partial charge in [0.15, 0.2) is 23.2 Å². The summed E-state index contributed by atoms with van der Waals surface area (Å²) in [6, 6.07) is 0. The maximum atomic E-state index is 13.0. The molecule has 0 spiro atoms. The number of carbonyl (C=O) groups is 1. The van der Waals surface area contributed by atoms with Gasteiger partial charge in [0.2, 0.25) is 11.6 Å². The van der Waals surface area contributed by atoms with Gasteiger partial charge in [-0.2, -0.15) is 8.78 Å². The third-order valence-corrected chi connectivity index (χ3v) is 1.84. The zero-order chi connectivity index (χ0) is 11.7. The van der Waals surface area contributed by atoms with Gasteiger partial charge in [0.1, 0.15) is 0 Å². The second-order valence-corrected chi connectivity index (χ2v) is 2.76. The third kappa shape index (κ3) is 1.67. The van der Waals surface area contributed by atoms with Gasteiger partial charge in [-0.3, -0.25) is 4.79 Å². The lowest BCUT2D eigenvalue weighted by atomic mass is 10.1. The summed E-state index contributed by atoms with van der Waals surface area (Å²) in [5.74, 6) is -10.5. The molecule has 82 valence electrons. The molecule has 0 aliphatic heterocycles. The first-order valence-electron chi connectivity index (χ1n) is 3.99. The Morgan fingerprint density at radius 2 is 1.47 bits per heavy atom. The Bertz CT molecular complexity index is 400. The van der Waals surface area contributed by atoms with Gasteiger partial charge in [0.25, 0.3) is 0 Å². The second kappa shape index (κ2) is 3.88. The minimum absolute atomic E-state index is 0.308. The molecule has 0 fully saturated rings. The summed E-state index contributed by atoms with van der Waals surface area (Å²) < 4.78 is 51.4. The van der Waals surface area contributed by atoms with Crippen molar-refractivity contribution in [1.82, 2.24) is 0 Å². The Labute approximate surface area is 82.1 Å². The molecule has 6 heteroatoms. The van der Waals surface area contributed by atoms with E-state index in [9.17, 15) is 22.4 Å². The minimum atomic E-state index is -1.97. The van der Waals surface area contributed by atoms with Crippen LogP contribution in [0.15, 0.2) is 0 Å². The predicted octanol–water partition coefficient (Wildman–Crippen LogP) is 2.54. The Morgan fingerprint density at radius 1 is 1.07 bits per heavy atom. The fourth-order valence-corrected chi connectivity index (χ4v) is 1.04. The van der Waals surface area contributed by atoms with E-state index < -0.39 is 40.4 Å². The van der Waals surface area contributed by atoms with Gasteiger partial charge in [0, 0.05) is 6.42 Å². The molecular weight excluding hydrogens is 216 g/mol. The number of hydrogen-bond donors (Lipinski definition) is 1. The van der Waals surface area contributed by atoms with Crippen LogP contribution in [0.5, 0.6) is 5.75 Å². The van der Waals surface area contributed by atoms with Gasteiger partial charge in [-0.25, -0.2) is 8.78 Å². The van der Waals surface area contributed by atoms with Gasteiger partial charge in [-0.05, 0) is 0 Å². The number of hydrogen-bond acceptors (Lipinski definition) is 2. The van der Waals surface area contributed by atoms with Gasteiger partial charge in [-0.1, -0.05) is 6.92 Å². The number of rotatable bonds is 2. The number of phenolic OH excluding ortho intramolecular Hbond substituents is 1. The van der Waals surface area contributed by atoms with Crippen LogP contribution < -0.4 is 0 Å². The summed E-state index contributed by atoms with van der Waals surface area (Å²) in [6.45, 7) is 1.28. The monoisotopic (exact) mass is 222 g/mol. The molecule has 0 saturated heterocycles. The van der Waals surface area contributed by atoms with E-state index >= 15 is 0 Å². The van der Waals surface area contributed by atoms with Crippen LogP contribution in [0, 0.1) is 23.3 Å². The number of halogens is 4. The molecule has 2 nitrogen and oxygen atoms in total. The van der Waals surface area contributed by atoms with Crippen LogP contribution >= 0.6 is 0 Å². The maximum absolute atomic E-state index is 13.0. The van der Waals surface area contributed by atoms with Crippen molar-refractivity contribution in [3.8, 4) is 5.75 Å². The largest absolute Gasteiger partial charge is 0.503 e. The molecule has 0 radical (unpaired) electrons. The lowest BCUT2D eigenvalue weighted by Gasteiger charge is -2.06. The molecule has 0 aliphatic carbocycles. The molecule has 15 heavy (non-hydrogen) atoms. The van der Waals surface area contributed by atoms with E-state index in [1.807, 2.05) is 0 Å². The first kappa shape index (κ1) is 11.5. The van der Waals surface area contributed by atoms with Gasteiger partial charge >= 0.3 is 0 Å². The number of carbonyl (C=O) groups excluding carboxylic acids is 1. The Morgan fingerprint density at radius 3 is 1.80 bits per heavy atom. The third-order valence-electron chi connectivity index (χ3n) is 1.84. The summed E-state index contributed by atoms with van der Waals surface area (Å²) in [7, 11) is 0. The van der Waals surface area contributed by atoms with Crippen molar-refractivity contribution in [3.05, 3.63) is 28.8 Å². The minimum Gasteiger partial charge on any atom is -0.503 e. The topological polar surface area (TPSA) is 37.3 Å². The predicted molar refractivity (Wildman–Crippen MR) is 42.6 cm³/mol. The van der Waals surface area contributed by atoms with E-state index in [4.69, 9.17) is 5.11 Å². The fraction of sp³-hybridized carbons (Fsp3) is 0.222. The lowest BCUT2D eigenvalue weighted by Crippen LogP contribution is -2.09. The van der Waals surface area contributed by atoms with Crippen LogP contribution in [-0.4, -0.2) is 10.9 Å². The zero-order valence-electron chi connectivity index (χ0n) is 7.57. The average molecular weight is 222 g/mol. The van der Waals surface area contributed by atoms with Crippen molar-refractivity contribution < 1.29 is 27.5 Å². The van der Waals surface area contributed by atoms with Crippen LogP contribution in [-0.2, 0) is 0 Å². The highest BCUT2D eigenvalue weighted by Crippen LogP contribution is 2.29. The van der Waals surface area contributed by atoms with Gasteiger partial charge in [0.05, 0.1) is 5.56 Å². The van der Waals surface area contributed by atoms with Crippen LogP contribution in [0.1, 0.15) is 23.7 Å². The van der Waals surface area contributed by atoms with Crippen molar-refractivity contribution in [3.63, 3.8) is 0 Å². The fourth-order valence-electron chi connectivity index (χ4n) is 1.04. The Hall–Kier alpha value is -1.59. The molecule has 0 bridgehead atoms. The van der Waals surface area contributed by atoms with Crippen molar-refractivity contribution in [1.29, 1.82) is 0 Å². The molecule has 0 atom stereocenters. The van der Waals surface area contributed by atoms with Gasteiger partial charge in [-0.15, -0.1) is 0 Å². The second-order valence-electron chi connectivity index (χ2n) is 2.76. The molecule has 1 aromatic carbocycles. The normalized spacial score (nSPS) is 10.5. The molecule has 0 aromatic heterocycles. The van der Waals surface area contributed by atoms with Crippen molar-refractivity contribution >= 4 is 5.78 Å². The van der Waals surface area contributed by atoms with Crippen LogP contribution in [0.2, 0.25) is 0 Å². The molecule has 0 saturated carbocycles. The average Bonchev–Trinajstić information content (AvgIpc) is 2.23. The summed E-state index contributed by atoms with van der Waals surface area (Å²) in [6.07, 6.45) is -0.308. The summed E-state index contributed by atoms with van der Waals surface area (Å²) in [4.78, 5) is 11.0. The van der Waals surface area contributed by atoms with Crippen molar-refractivity contribution in [2.75, 3.05) is 0 Å². The first-order valence-corrected chi connectivity index (χ1v) is 3.99. The van der Waals surface area contributed by atoms with E-state index in [2.05, 4.69) is 0 Å². The summed E-state index contributed by atoms with van der Waals surface area (Å²) >= 11 is 0. The Kier molecular flexibility index (Phi) is 2.97. The van der Waals surface area contributed by atoms with Gasteiger partial charge < -0.3 is 5.11 Å². The van der Waals surface area contributed by atoms with E-state index in [1.165, 1.54) is 6.92 Å². The maximum Gasteiger partial charge on any atom is 0.204 e. The van der Waals surface area contributed by atoms with Crippen LogP contribution in [0.25, 0.3) is 0 Å². The van der Waals surface area contributed by atoms with Crippen molar-refractivity contribution in [2.24, 2.45) is 0 Å². The highest BCUT2D eigenvalue weighted by atomic mass is 19.2. The lowest BCUT2D eigenvalue weighted by molar-refractivity contribution is 0.0977. The Balaban J connectivity index is 3.60. The van der Waals surface area contributed by atoms with E-state index in [-0.39, 0.29) is 6.42 Å². The van der Waals surface area contributed by atoms with E-state index in [0.717, 1.165) is 0 Å². The molecule has 1 rings (SSSR count). The number of phenols is 1. The van der Waals surface area contributed by atoms with Crippen LogP contribution in [0.3, 0.4) is 0 Å².